The Bertz CT molecular complexity index is 1020. The van der Waals surface area contributed by atoms with Crippen LogP contribution in [0.4, 0.5) is 0 Å². The van der Waals surface area contributed by atoms with Crippen LogP contribution in [0.3, 0.4) is 0 Å². The number of aromatic nitrogens is 1. The molecule has 0 aliphatic rings. The van der Waals surface area contributed by atoms with E-state index in [-0.39, 0.29) is 5.91 Å². The Morgan fingerprint density at radius 2 is 1.93 bits per heavy atom. The third-order valence-electron chi connectivity index (χ3n) is 4.84. The van der Waals surface area contributed by atoms with Gasteiger partial charge in [-0.1, -0.05) is 0 Å². The van der Waals surface area contributed by atoms with Gasteiger partial charge in [0.15, 0.2) is 0 Å². The second kappa shape index (κ2) is 7.66. The normalized spacial score (nSPS) is 11.7. The summed E-state index contributed by atoms with van der Waals surface area (Å²) in [5, 5.41) is 3.95. The average Bonchev–Trinajstić information content (AvgIpc) is 2.95. The predicted molar refractivity (Wildman–Crippen MR) is 107 cm³/mol. The van der Waals surface area contributed by atoms with E-state index in [1.807, 2.05) is 45.9 Å². The number of aryl methyl sites for hydroxylation is 3. The molecule has 2 heterocycles. The SMILES string of the molecule is COc1c(/C(C)=C/C(=O)NCc2ccncc2)cc2c(C)c(C)oc2c1C. The lowest BCUT2D eigenvalue weighted by atomic mass is 9.98. The van der Waals surface area contributed by atoms with E-state index < -0.39 is 0 Å². The minimum Gasteiger partial charge on any atom is -0.496 e. The van der Waals surface area contributed by atoms with Gasteiger partial charge in [-0.15, -0.1) is 0 Å². The number of amides is 1. The summed E-state index contributed by atoms with van der Waals surface area (Å²) in [6, 6.07) is 5.79. The Kier molecular flexibility index (Phi) is 5.31. The van der Waals surface area contributed by atoms with Crippen molar-refractivity contribution in [3.05, 3.63) is 64.7 Å². The van der Waals surface area contributed by atoms with Gasteiger partial charge in [-0.3, -0.25) is 9.78 Å². The highest BCUT2D eigenvalue weighted by Gasteiger charge is 2.18. The van der Waals surface area contributed by atoms with Crippen molar-refractivity contribution < 1.29 is 13.9 Å². The zero-order valence-electron chi connectivity index (χ0n) is 16.3. The number of fused-ring (bicyclic) bond motifs is 1. The quantitative estimate of drug-likeness (QED) is 0.678. The first-order valence-corrected chi connectivity index (χ1v) is 8.85. The van der Waals surface area contributed by atoms with Crippen LogP contribution in [-0.2, 0) is 11.3 Å². The van der Waals surface area contributed by atoms with Crippen LogP contribution in [-0.4, -0.2) is 18.0 Å². The topological polar surface area (TPSA) is 64.4 Å². The molecule has 0 atom stereocenters. The summed E-state index contributed by atoms with van der Waals surface area (Å²) in [4.78, 5) is 16.3. The summed E-state index contributed by atoms with van der Waals surface area (Å²) in [5.41, 5.74) is 5.61. The maximum absolute atomic E-state index is 12.4. The Hall–Kier alpha value is -3.08. The molecule has 1 N–H and O–H groups in total. The maximum Gasteiger partial charge on any atom is 0.244 e. The molecule has 5 heteroatoms. The van der Waals surface area contributed by atoms with Gasteiger partial charge in [-0.05, 0) is 62.6 Å². The minimum atomic E-state index is -0.149. The second-order valence-corrected chi connectivity index (χ2v) is 6.64. The molecule has 1 aromatic carbocycles. The molecule has 2 aromatic heterocycles. The predicted octanol–water partition coefficient (Wildman–Crippen LogP) is 4.48. The maximum atomic E-state index is 12.4. The smallest absolute Gasteiger partial charge is 0.244 e. The Labute approximate surface area is 159 Å². The van der Waals surface area contributed by atoms with Crippen LogP contribution < -0.4 is 10.1 Å². The molecule has 5 nitrogen and oxygen atoms in total. The van der Waals surface area contributed by atoms with Crippen molar-refractivity contribution in [3.8, 4) is 5.75 Å². The number of rotatable bonds is 5. The van der Waals surface area contributed by atoms with Gasteiger partial charge in [-0.25, -0.2) is 0 Å². The van der Waals surface area contributed by atoms with Crippen LogP contribution in [0.25, 0.3) is 16.5 Å². The molecule has 0 spiro atoms. The van der Waals surface area contributed by atoms with Crippen molar-refractivity contribution in [1.82, 2.24) is 10.3 Å². The lowest BCUT2D eigenvalue weighted by Crippen LogP contribution is -2.20. The first-order valence-electron chi connectivity index (χ1n) is 8.85. The van der Waals surface area contributed by atoms with Crippen LogP contribution in [0, 0.1) is 20.8 Å². The van der Waals surface area contributed by atoms with Crippen molar-refractivity contribution in [1.29, 1.82) is 0 Å². The van der Waals surface area contributed by atoms with Crippen LogP contribution in [0.2, 0.25) is 0 Å². The van der Waals surface area contributed by atoms with E-state index in [1.165, 1.54) is 0 Å². The fraction of sp³-hybridized carbons (Fsp3) is 0.273. The van der Waals surface area contributed by atoms with Gasteiger partial charge in [0.1, 0.15) is 17.1 Å². The first-order chi connectivity index (χ1) is 12.9. The largest absolute Gasteiger partial charge is 0.496 e. The van der Waals surface area contributed by atoms with E-state index >= 15 is 0 Å². The van der Waals surface area contributed by atoms with Gasteiger partial charge in [0.25, 0.3) is 0 Å². The Morgan fingerprint density at radius 1 is 1.22 bits per heavy atom. The Morgan fingerprint density at radius 3 is 2.59 bits per heavy atom. The molecule has 0 aliphatic heterocycles. The number of hydrogen-bond acceptors (Lipinski definition) is 4. The van der Waals surface area contributed by atoms with Gasteiger partial charge in [0.2, 0.25) is 5.91 Å². The van der Waals surface area contributed by atoms with Gasteiger partial charge in [0.05, 0.1) is 7.11 Å². The average molecular weight is 364 g/mol. The number of benzene rings is 1. The summed E-state index contributed by atoms with van der Waals surface area (Å²) >= 11 is 0. The van der Waals surface area contributed by atoms with Crippen molar-refractivity contribution in [2.75, 3.05) is 7.11 Å². The molecular weight excluding hydrogens is 340 g/mol. The van der Waals surface area contributed by atoms with E-state index in [4.69, 9.17) is 9.15 Å². The highest BCUT2D eigenvalue weighted by molar-refractivity contribution is 5.98. The van der Waals surface area contributed by atoms with Gasteiger partial charge in [-0.2, -0.15) is 0 Å². The number of hydrogen-bond donors (Lipinski definition) is 1. The van der Waals surface area contributed by atoms with Crippen molar-refractivity contribution in [2.45, 2.75) is 34.2 Å². The highest BCUT2D eigenvalue weighted by Crippen LogP contribution is 2.38. The number of allylic oxidation sites excluding steroid dienone is 1. The molecule has 1 amide bonds. The van der Waals surface area contributed by atoms with E-state index in [0.717, 1.165) is 50.3 Å². The lowest BCUT2D eigenvalue weighted by molar-refractivity contribution is -0.116. The number of nitrogens with one attached hydrogen (secondary N) is 1. The zero-order valence-corrected chi connectivity index (χ0v) is 16.3. The third-order valence-corrected chi connectivity index (χ3v) is 4.84. The number of carbonyl (C=O) groups is 1. The zero-order chi connectivity index (χ0) is 19.6. The van der Waals surface area contributed by atoms with Gasteiger partial charge in [0, 0.05) is 41.5 Å². The van der Waals surface area contributed by atoms with E-state index in [1.54, 1.807) is 25.6 Å². The molecule has 0 saturated heterocycles. The number of carbonyl (C=O) groups excluding carboxylic acids is 1. The van der Waals surface area contributed by atoms with Gasteiger partial charge >= 0.3 is 0 Å². The number of pyridine rings is 1. The molecule has 140 valence electrons. The number of methoxy groups -OCH3 is 1. The molecule has 0 bridgehead atoms. The molecule has 0 saturated carbocycles. The summed E-state index contributed by atoms with van der Waals surface area (Å²) in [7, 11) is 1.64. The first kappa shape index (κ1) is 18.7. The molecule has 0 unspecified atom stereocenters. The highest BCUT2D eigenvalue weighted by atomic mass is 16.5. The van der Waals surface area contributed by atoms with Crippen LogP contribution in [0.5, 0.6) is 5.75 Å². The summed E-state index contributed by atoms with van der Waals surface area (Å²) in [6.45, 7) is 8.34. The number of nitrogens with zero attached hydrogens (tertiary/aromatic N) is 1. The molecule has 3 rings (SSSR count). The molecule has 0 radical (unpaired) electrons. The molecule has 0 fully saturated rings. The molecule has 27 heavy (non-hydrogen) atoms. The van der Waals surface area contributed by atoms with E-state index in [2.05, 4.69) is 10.3 Å². The van der Waals surface area contributed by atoms with E-state index in [0.29, 0.717) is 6.54 Å². The number of furan rings is 1. The summed E-state index contributed by atoms with van der Waals surface area (Å²) in [5.74, 6) is 1.47. The molecule has 3 aromatic rings. The second-order valence-electron chi connectivity index (χ2n) is 6.64. The molecular formula is C22H24N2O3. The number of ether oxygens (including phenoxy) is 1. The monoisotopic (exact) mass is 364 g/mol. The minimum absolute atomic E-state index is 0.149. The van der Waals surface area contributed by atoms with Gasteiger partial charge < -0.3 is 14.5 Å². The standard InChI is InChI=1S/C22H24N2O3/c1-13(10-20(25)24-12-17-6-8-23-9-7-17)18-11-19-14(2)16(4)27-22(19)15(3)21(18)26-5/h6-11H,12H2,1-5H3,(H,24,25)/b13-10+. The van der Waals surface area contributed by atoms with Crippen LogP contribution in [0.1, 0.15) is 34.9 Å². The third kappa shape index (κ3) is 3.72. The lowest BCUT2D eigenvalue weighted by Gasteiger charge is -2.13. The van der Waals surface area contributed by atoms with Crippen LogP contribution in [0.15, 0.2) is 41.1 Å². The summed E-state index contributed by atoms with van der Waals surface area (Å²) < 4.78 is 11.5. The van der Waals surface area contributed by atoms with Crippen LogP contribution >= 0.6 is 0 Å². The fourth-order valence-corrected chi connectivity index (χ4v) is 3.18. The Balaban J connectivity index is 1.91. The summed E-state index contributed by atoms with van der Waals surface area (Å²) in [6.07, 6.45) is 5.02. The van der Waals surface area contributed by atoms with E-state index in [9.17, 15) is 4.79 Å². The van der Waals surface area contributed by atoms with Crippen molar-refractivity contribution in [3.63, 3.8) is 0 Å². The van der Waals surface area contributed by atoms with Crippen molar-refractivity contribution in [2.24, 2.45) is 0 Å². The van der Waals surface area contributed by atoms with Crippen molar-refractivity contribution >= 4 is 22.4 Å². The fourth-order valence-electron chi connectivity index (χ4n) is 3.18. The molecule has 0 aliphatic carbocycles.